The summed E-state index contributed by atoms with van der Waals surface area (Å²) in [5.41, 5.74) is 1.22. The number of nitrogens with zero attached hydrogens (tertiary/aromatic N) is 1. The number of hydrogen-bond donors (Lipinski definition) is 1. The fourth-order valence-corrected chi connectivity index (χ4v) is 2.62. The van der Waals surface area contributed by atoms with Gasteiger partial charge in [0.05, 0.1) is 12.1 Å². The third-order valence-corrected chi connectivity index (χ3v) is 4.07. The molecule has 3 rings (SSSR count). The van der Waals surface area contributed by atoms with Gasteiger partial charge >= 0.3 is 0 Å². The lowest BCUT2D eigenvalue weighted by Gasteiger charge is -2.10. The van der Waals surface area contributed by atoms with E-state index in [2.05, 4.69) is 5.32 Å². The van der Waals surface area contributed by atoms with Crippen LogP contribution in [0, 0.1) is 5.82 Å². The Hall–Kier alpha value is -3.54. The van der Waals surface area contributed by atoms with Crippen LogP contribution in [0.4, 0.5) is 10.1 Å². The van der Waals surface area contributed by atoms with Crippen LogP contribution in [-0.4, -0.2) is 16.3 Å². The number of ketones is 1. The first kappa shape index (κ1) is 18.3. The molecule has 0 saturated heterocycles. The maximum absolute atomic E-state index is 13.8. The highest BCUT2D eigenvalue weighted by Crippen LogP contribution is 2.13. The third-order valence-electron chi connectivity index (χ3n) is 4.07. The number of Topliss-reactive ketones (excluding diaryl/α,β-unsaturated/α-hetero) is 1. The first-order chi connectivity index (χ1) is 12.9. The van der Waals surface area contributed by atoms with Gasteiger partial charge in [-0.1, -0.05) is 30.3 Å². The van der Waals surface area contributed by atoms with Gasteiger partial charge in [-0.15, -0.1) is 0 Å². The number of halogens is 1. The lowest BCUT2D eigenvalue weighted by molar-refractivity contribution is 0.101. The molecule has 0 aliphatic rings. The second-order valence-corrected chi connectivity index (χ2v) is 6.07. The minimum atomic E-state index is -0.432. The van der Waals surface area contributed by atoms with E-state index in [1.165, 1.54) is 35.9 Å². The van der Waals surface area contributed by atoms with Gasteiger partial charge in [0, 0.05) is 29.1 Å². The minimum Gasteiger partial charge on any atom is -0.322 e. The number of nitrogens with one attached hydrogen (secondary N) is 1. The van der Waals surface area contributed by atoms with Crippen LogP contribution < -0.4 is 10.9 Å². The molecule has 1 heterocycles. The summed E-state index contributed by atoms with van der Waals surface area (Å²) in [4.78, 5) is 36.0. The first-order valence-electron chi connectivity index (χ1n) is 8.30. The molecule has 0 spiro atoms. The number of amides is 1. The minimum absolute atomic E-state index is 0.0203. The highest BCUT2D eigenvalue weighted by Gasteiger charge is 2.10. The number of anilines is 1. The Labute approximate surface area is 155 Å². The number of carbonyl (C=O) groups is 2. The van der Waals surface area contributed by atoms with Gasteiger partial charge in [0.1, 0.15) is 5.82 Å². The highest BCUT2D eigenvalue weighted by molar-refractivity contribution is 6.04. The molecular weight excluding hydrogens is 347 g/mol. The maximum Gasteiger partial charge on any atom is 0.257 e. The number of rotatable bonds is 5. The molecule has 27 heavy (non-hydrogen) atoms. The predicted octanol–water partition coefficient (Wildman–Crippen LogP) is 3.49. The van der Waals surface area contributed by atoms with Crippen molar-refractivity contribution in [3.8, 4) is 0 Å². The molecule has 1 N–H and O–H groups in total. The lowest BCUT2D eigenvalue weighted by Crippen LogP contribution is -2.23. The summed E-state index contributed by atoms with van der Waals surface area (Å²) in [6.45, 7) is 1.46. The Balaban J connectivity index is 1.84. The van der Waals surface area contributed by atoms with Gasteiger partial charge in [-0.05, 0) is 31.2 Å². The van der Waals surface area contributed by atoms with E-state index in [1.807, 2.05) is 0 Å². The van der Waals surface area contributed by atoms with E-state index in [9.17, 15) is 18.8 Å². The fraction of sp³-hybridized carbons (Fsp3) is 0.0952. The number of hydrogen-bond acceptors (Lipinski definition) is 3. The molecule has 0 unspecified atom stereocenters. The molecule has 1 amide bonds. The summed E-state index contributed by atoms with van der Waals surface area (Å²) < 4.78 is 15.1. The van der Waals surface area contributed by atoms with E-state index in [0.717, 1.165) is 0 Å². The second kappa shape index (κ2) is 7.78. The van der Waals surface area contributed by atoms with Gasteiger partial charge in [-0.25, -0.2) is 4.39 Å². The van der Waals surface area contributed by atoms with Gasteiger partial charge in [-0.2, -0.15) is 0 Å². The monoisotopic (exact) mass is 364 g/mol. The van der Waals surface area contributed by atoms with E-state index >= 15 is 0 Å². The SMILES string of the molecule is CC(=O)c1cccc(NC(=O)c2ccc(=O)n(Cc3ccccc3F)c2)c1. The van der Waals surface area contributed by atoms with Crippen LogP contribution in [0.5, 0.6) is 0 Å². The van der Waals surface area contributed by atoms with Gasteiger partial charge in [0.15, 0.2) is 5.78 Å². The molecule has 5 nitrogen and oxygen atoms in total. The van der Waals surface area contributed by atoms with E-state index < -0.39 is 11.7 Å². The molecule has 6 heteroatoms. The van der Waals surface area contributed by atoms with Crippen LogP contribution in [0.25, 0.3) is 0 Å². The molecule has 0 saturated carbocycles. The van der Waals surface area contributed by atoms with Crippen molar-refractivity contribution < 1.29 is 14.0 Å². The molecule has 2 aromatic carbocycles. The maximum atomic E-state index is 13.8. The Kier molecular flexibility index (Phi) is 5.26. The van der Waals surface area contributed by atoms with Crippen molar-refractivity contribution in [2.45, 2.75) is 13.5 Å². The van der Waals surface area contributed by atoms with E-state index in [4.69, 9.17) is 0 Å². The number of benzene rings is 2. The molecule has 1 aromatic heterocycles. The molecule has 0 bridgehead atoms. The Bertz CT molecular complexity index is 1070. The van der Waals surface area contributed by atoms with Crippen molar-refractivity contribution in [1.82, 2.24) is 4.57 Å². The van der Waals surface area contributed by atoms with Gasteiger partial charge in [-0.3, -0.25) is 14.4 Å². The Morgan fingerprint density at radius 2 is 1.78 bits per heavy atom. The quantitative estimate of drug-likeness (QED) is 0.705. The molecular formula is C21H17FN2O3. The summed E-state index contributed by atoms with van der Waals surface area (Å²) in [7, 11) is 0. The van der Waals surface area contributed by atoms with Crippen molar-refractivity contribution in [3.05, 3.63) is 99.7 Å². The standard InChI is InChI=1S/C21H17FN2O3/c1-14(25)15-6-4-7-18(11-15)23-21(27)17-9-10-20(26)24(13-17)12-16-5-2-3-8-19(16)22/h2-11,13H,12H2,1H3,(H,23,27). The van der Waals surface area contributed by atoms with Crippen LogP contribution in [0.3, 0.4) is 0 Å². The lowest BCUT2D eigenvalue weighted by atomic mass is 10.1. The molecule has 0 aliphatic heterocycles. The van der Waals surface area contributed by atoms with Gasteiger partial charge in [0.2, 0.25) is 0 Å². The predicted molar refractivity (Wildman–Crippen MR) is 101 cm³/mol. The van der Waals surface area contributed by atoms with Crippen molar-refractivity contribution in [1.29, 1.82) is 0 Å². The van der Waals surface area contributed by atoms with Gasteiger partial charge < -0.3 is 9.88 Å². The summed E-state index contributed by atoms with van der Waals surface area (Å²) >= 11 is 0. The number of aromatic nitrogens is 1. The van der Waals surface area contributed by atoms with E-state index in [0.29, 0.717) is 16.8 Å². The molecule has 3 aromatic rings. The third kappa shape index (κ3) is 4.36. The van der Waals surface area contributed by atoms with E-state index in [1.54, 1.807) is 42.5 Å². The largest absolute Gasteiger partial charge is 0.322 e. The van der Waals surface area contributed by atoms with Crippen LogP contribution in [0.15, 0.2) is 71.7 Å². The molecule has 0 radical (unpaired) electrons. The summed E-state index contributed by atoms with van der Waals surface area (Å²) in [5, 5.41) is 2.69. The second-order valence-electron chi connectivity index (χ2n) is 6.07. The molecule has 136 valence electrons. The summed E-state index contributed by atoms with van der Waals surface area (Å²) in [5.74, 6) is -0.956. The first-order valence-corrected chi connectivity index (χ1v) is 8.30. The van der Waals surface area contributed by atoms with Crippen molar-refractivity contribution in [2.75, 3.05) is 5.32 Å². The molecule has 0 fully saturated rings. The van der Waals surface area contributed by atoms with Crippen LogP contribution in [0.2, 0.25) is 0 Å². The summed E-state index contributed by atoms with van der Waals surface area (Å²) in [6.07, 6.45) is 1.39. The molecule has 0 atom stereocenters. The normalized spacial score (nSPS) is 10.4. The zero-order valence-corrected chi connectivity index (χ0v) is 14.6. The number of pyridine rings is 1. The average molecular weight is 364 g/mol. The van der Waals surface area contributed by atoms with Crippen LogP contribution in [-0.2, 0) is 6.54 Å². The zero-order chi connectivity index (χ0) is 19.4. The average Bonchev–Trinajstić information content (AvgIpc) is 2.65. The topological polar surface area (TPSA) is 68.2 Å². The molecule has 0 aliphatic carbocycles. The van der Waals surface area contributed by atoms with Crippen molar-refractivity contribution >= 4 is 17.4 Å². The van der Waals surface area contributed by atoms with Crippen molar-refractivity contribution in [2.24, 2.45) is 0 Å². The highest BCUT2D eigenvalue weighted by atomic mass is 19.1. The summed E-state index contributed by atoms with van der Waals surface area (Å²) in [6, 6.07) is 15.4. The Morgan fingerprint density at radius 3 is 2.52 bits per heavy atom. The number of carbonyl (C=O) groups excluding carboxylic acids is 2. The van der Waals surface area contributed by atoms with Crippen molar-refractivity contribution in [3.63, 3.8) is 0 Å². The van der Waals surface area contributed by atoms with E-state index in [-0.39, 0.29) is 23.5 Å². The van der Waals surface area contributed by atoms with Gasteiger partial charge in [0.25, 0.3) is 11.5 Å². The Morgan fingerprint density at radius 1 is 1.00 bits per heavy atom. The van der Waals surface area contributed by atoms with Crippen LogP contribution in [0.1, 0.15) is 33.2 Å². The fourth-order valence-electron chi connectivity index (χ4n) is 2.62. The smallest absolute Gasteiger partial charge is 0.257 e. The van der Waals surface area contributed by atoms with Crippen LogP contribution >= 0.6 is 0 Å². The zero-order valence-electron chi connectivity index (χ0n) is 14.6.